The average Bonchev–Trinajstić information content (AvgIpc) is 3.07. The molecular formula is C22H22N4O2S2. The van der Waals surface area contributed by atoms with E-state index in [1.165, 1.54) is 18.4 Å². The molecule has 154 valence electrons. The molecule has 0 fully saturated rings. The fraction of sp³-hybridized carbons (Fsp3) is 0.182. The maximum atomic E-state index is 12.2. The Balaban J connectivity index is 1.67. The highest BCUT2D eigenvalue weighted by atomic mass is 32.1. The number of nitrogens with zero attached hydrogens (tertiary/aromatic N) is 2. The van der Waals surface area contributed by atoms with Crippen molar-refractivity contribution in [3.63, 3.8) is 0 Å². The van der Waals surface area contributed by atoms with Crippen LogP contribution in [0, 0.1) is 6.92 Å². The Morgan fingerprint density at radius 3 is 2.27 bits per heavy atom. The quantitative estimate of drug-likeness (QED) is 0.257. The summed E-state index contributed by atoms with van der Waals surface area (Å²) >= 11 is 6.92. The molecule has 1 heterocycles. The summed E-state index contributed by atoms with van der Waals surface area (Å²) in [6, 6.07) is 17.0. The summed E-state index contributed by atoms with van der Waals surface area (Å²) in [6.07, 6.45) is 0.744. The molecule has 0 aliphatic rings. The third kappa shape index (κ3) is 5.28. The Kier molecular flexibility index (Phi) is 7.26. The molecule has 8 heteroatoms. The van der Waals surface area contributed by atoms with Crippen LogP contribution in [0.2, 0.25) is 0 Å². The number of hydrogen-bond donors (Lipinski definition) is 2. The molecule has 0 amide bonds. The van der Waals surface area contributed by atoms with Crippen LogP contribution in [0.15, 0.2) is 64.8 Å². The second kappa shape index (κ2) is 10.1. The minimum Gasteiger partial charge on any atom is -0.465 e. The number of rotatable bonds is 6. The molecule has 0 bridgehead atoms. The number of ether oxygens (including phenoxy) is 1. The molecule has 0 aliphatic carbocycles. The van der Waals surface area contributed by atoms with E-state index in [1.54, 1.807) is 0 Å². The van der Waals surface area contributed by atoms with Crippen molar-refractivity contribution in [1.82, 2.24) is 0 Å². The monoisotopic (exact) mass is 438 g/mol. The molecule has 0 spiro atoms. The number of thiophene rings is 1. The molecule has 0 radical (unpaired) electrons. The normalized spacial score (nSPS) is 10.8. The highest BCUT2D eigenvalue weighted by Crippen LogP contribution is 2.34. The zero-order chi connectivity index (χ0) is 21.5. The largest absolute Gasteiger partial charge is 0.465 e. The van der Waals surface area contributed by atoms with Crippen molar-refractivity contribution in [3.8, 4) is 0 Å². The van der Waals surface area contributed by atoms with Crippen molar-refractivity contribution in [1.29, 1.82) is 0 Å². The molecule has 0 saturated carbocycles. The summed E-state index contributed by atoms with van der Waals surface area (Å²) in [4.78, 5) is 13.3. The van der Waals surface area contributed by atoms with Crippen molar-refractivity contribution < 1.29 is 9.53 Å². The van der Waals surface area contributed by atoms with Crippen LogP contribution < -0.4 is 10.6 Å². The second-order valence-corrected chi connectivity index (χ2v) is 7.98. The molecule has 2 aromatic carbocycles. The zero-order valence-electron chi connectivity index (χ0n) is 16.9. The summed E-state index contributed by atoms with van der Waals surface area (Å²) in [7, 11) is 1.38. The number of aryl methyl sites for hydroxylation is 1. The number of carbonyl (C=O) groups is 1. The SMILES string of the molecule is CCc1c(C)sc(NC(=S)Nc2ccc(N=Nc3ccccc3)cc2)c1C(=O)OC. The van der Waals surface area contributed by atoms with Crippen molar-refractivity contribution in [2.75, 3.05) is 17.7 Å². The maximum absolute atomic E-state index is 12.2. The molecule has 3 aromatic rings. The average molecular weight is 439 g/mol. The summed E-state index contributed by atoms with van der Waals surface area (Å²) in [5.74, 6) is -0.366. The third-order valence-electron chi connectivity index (χ3n) is 4.34. The number of anilines is 2. The van der Waals surface area contributed by atoms with Crippen LogP contribution in [-0.2, 0) is 11.2 Å². The second-order valence-electron chi connectivity index (χ2n) is 6.35. The zero-order valence-corrected chi connectivity index (χ0v) is 18.6. The van der Waals surface area contributed by atoms with E-state index >= 15 is 0 Å². The first-order valence-corrected chi connectivity index (χ1v) is 10.6. The first kappa shape index (κ1) is 21.6. The Hall–Kier alpha value is -3.10. The molecule has 0 saturated heterocycles. The van der Waals surface area contributed by atoms with Crippen molar-refractivity contribution in [2.24, 2.45) is 10.2 Å². The standard InChI is InChI=1S/C22H22N4O2S2/c1-4-18-14(2)30-20(19(18)21(27)28-3)24-22(29)23-15-10-12-17(13-11-15)26-25-16-8-6-5-7-9-16/h5-13H,4H2,1-3H3,(H2,23,24,29). The molecule has 6 nitrogen and oxygen atoms in total. The minimum absolute atomic E-state index is 0.366. The van der Waals surface area contributed by atoms with Crippen molar-refractivity contribution in [3.05, 3.63) is 70.6 Å². The van der Waals surface area contributed by atoms with Gasteiger partial charge in [-0.2, -0.15) is 10.2 Å². The molecule has 2 N–H and O–H groups in total. The number of benzene rings is 2. The van der Waals surface area contributed by atoms with Crippen LogP contribution in [0.1, 0.15) is 27.7 Å². The lowest BCUT2D eigenvalue weighted by Gasteiger charge is -2.11. The number of hydrogen-bond acceptors (Lipinski definition) is 6. The van der Waals surface area contributed by atoms with Gasteiger partial charge >= 0.3 is 5.97 Å². The lowest BCUT2D eigenvalue weighted by atomic mass is 10.1. The van der Waals surface area contributed by atoms with Gasteiger partial charge in [-0.05, 0) is 67.5 Å². The van der Waals surface area contributed by atoms with Gasteiger partial charge in [-0.1, -0.05) is 25.1 Å². The highest BCUT2D eigenvalue weighted by Gasteiger charge is 2.22. The number of carbonyl (C=O) groups excluding carboxylic acids is 1. The molecule has 0 atom stereocenters. The van der Waals surface area contributed by atoms with E-state index in [1.807, 2.05) is 68.4 Å². The number of azo groups is 1. The maximum Gasteiger partial charge on any atom is 0.341 e. The van der Waals surface area contributed by atoms with Gasteiger partial charge in [0.1, 0.15) is 5.00 Å². The van der Waals surface area contributed by atoms with E-state index in [4.69, 9.17) is 17.0 Å². The minimum atomic E-state index is -0.366. The van der Waals surface area contributed by atoms with E-state index in [2.05, 4.69) is 20.9 Å². The van der Waals surface area contributed by atoms with Crippen LogP contribution in [0.3, 0.4) is 0 Å². The Morgan fingerprint density at radius 1 is 1.03 bits per heavy atom. The number of thiocarbonyl (C=S) groups is 1. The summed E-state index contributed by atoms with van der Waals surface area (Å²) in [6.45, 7) is 4.00. The number of nitrogens with one attached hydrogen (secondary N) is 2. The lowest BCUT2D eigenvalue weighted by Crippen LogP contribution is -2.20. The Morgan fingerprint density at radius 2 is 1.67 bits per heavy atom. The van der Waals surface area contributed by atoms with Gasteiger partial charge in [0.05, 0.1) is 24.0 Å². The predicted octanol–water partition coefficient (Wildman–Crippen LogP) is 6.63. The van der Waals surface area contributed by atoms with Gasteiger partial charge in [-0.3, -0.25) is 0 Å². The molecule has 0 unspecified atom stereocenters. The Labute approximate surface area is 185 Å². The summed E-state index contributed by atoms with van der Waals surface area (Å²) in [5.41, 5.74) is 3.85. The molecule has 0 aliphatic heterocycles. The first-order valence-electron chi connectivity index (χ1n) is 9.37. The lowest BCUT2D eigenvalue weighted by molar-refractivity contribution is 0.0601. The van der Waals surface area contributed by atoms with E-state index < -0.39 is 0 Å². The summed E-state index contributed by atoms with van der Waals surface area (Å²) < 4.78 is 4.95. The van der Waals surface area contributed by atoms with Gasteiger partial charge in [-0.25, -0.2) is 4.79 Å². The summed E-state index contributed by atoms with van der Waals surface area (Å²) in [5, 5.41) is 15.8. The van der Waals surface area contributed by atoms with Crippen LogP contribution in [0.4, 0.5) is 22.1 Å². The highest BCUT2D eigenvalue weighted by molar-refractivity contribution is 7.80. The van der Waals surface area contributed by atoms with Crippen LogP contribution in [0.5, 0.6) is 0 Å². The van der Waals surface area contributed by atoms with E-state index in [9.17, 15) is 4.79 Å². The van der Waals surface area contributed by atoms with Crippen molar-refractivity contribution in [2.45, 2.75) is 20.3 Å². The number of esters is 1. The fourth-order valence-corrected chi connectivity index (χ4v) is 4.32. The fourth-order valence-electron chi connectivity index (χ4n) is 2.90. The molecule has 30 heavy (non-hydrogen) atoms. The topological polar surface area (TPSA) is 75.1 Å². The van der Waals surface area contributed by atoms with E-state index in [0.29, 0.717) is 15.7 Å². The third-order valence-corrected chi connectivity index (χ3v) is 5.61. The van der Waals surface area contributed by atoms with Crippen LogP contribution in [-0.4, -0.2) is 18.2 Å². The molecule has 1 aromatic heterocycles. The van der Waals surface area contributed by atoms with Gasteiger partial charge in [-0.15, -0.1) is 11.3 Å². The van der Waals surface area contributed by atoms with Gasteiger partial charge in [0.25, 0.3) is 0 Å². The van der Waals surface area contributed by atoms with Gasteiger partial charge in [0.15, 0.2) is 5.11 Å². The Bertz CT molecular complexity index is 1060. The van der Waals surface area contributed by atoms with E-state index in [-0.39, 0.29) is 5.97 Å². The van der Waals surface area contributed by atoms with Gasteiger partial charge in [0, 0.05) is 10.6 Å². The van der Waals surface area contributed by atoms with Gasteiger partial charge < -0.3 is 15.4 Å². The first-order chi connectivity index (χ1) is 14.5. The van der Waals surface area contributed by atoms with Crippen LogP contribution in [0.25, 0.3) is 0 Å². The molecule has 3 rings (SSSR count). The van der Waals surface area contributed by atoms with Gasteiger partial charge in [0.2, 0.25) is 0 Å². The number of methoxy groups -OCH3 is 1. The van der Waals surface area contributed by atoms with Crippen LogP contribution >= 0.6 is 23.6 Å². The van der Waals surface area contributed by atoms with Crippen molar-refractivity contribution >= 4 is 56.7 Å². The van der Waals surface area contributed by atoms with E-state index in [0.717, 1.165) is 33.9 Å². The molecular weight excluding hydrogens is 416 g/mol. The smallest absolute Gasteiger partial charge is 0.341 e. The predicted molar refractivity (Wildman–Crippen MR) is 127 cm³/mol.